The summed E-state index contributed by atoms with van der Waals surface area (Å²) in [5, 5.41) is 3.66. The maximum absolute atomic E-state index is 13.0. The Kier molecular flexibility index (Phi) is 6.14. The van der Waals surface area contributed by atoms with Crippen LogP contribution < -0.4 is 10.2 Å². The summed E-state index contributed by atoms with van der Waals surface area (Å²) in [6, 6.07) is 14.2. The molecule has 1 aromatic carbocycles. The van der Waals surface area contributed by atoms with Crippen molar-refractivity contribution < 1.29 is 6.22 Å². The summed E-state index contributed by atoms with van der Waals surface area (Å²) in [6.45, 7) is 11.0. The highest BCUT2D eigenvalue weighted by molar-refractivity contribution is 6.08. The normalized spacial score (nSPS) is 16.4. The highest BCUT2D eigenvalue weighted by atomic mass is 16.1. The molecule has 162 valence electrons. The van der Waals surface area contributed by atoms with Gasteiger partial charge in [0, 0.05) is 44.6 Å². The number of pyridine rings is 2. The van der Waals surface area contributed by atoms with Gasteiger partial charge in [-0.15, -0.1) is 0 Å². The Bertz CT molecular complexity index is 1090. The monoisotopic (exact) mass is 416 g/mol. The largest absolute Gasteiger partial charge is 0.354 e. The van der Waals surface area contributed by atoms with Gasteiger partial charge < -0.3 is 10.2 Å². The second kappa shape index (κ2) is 8.98. The summed E-state index contributed by atoms with van der Waals surface area (Å²) in [5.41, 5.74) is 7.25. The molecule has 0 saturated carbocycles. The molecule has 1 fully saturated rings. The number of aromatic nitrogens is 2. The van der Waals surface area contributed by atoms with Crippen LogP contribution in [0.5, 0.6) is 0 Å². The molecule has 3 heterocycles. The summed E-state index contributed by atoms with van der Waals surface area (Å²) < 4.78 is 0. The van der Waals surface area contributed by atoms with Crippen molar-refractivity contribution in [3.05, 3.63) is 87.9 Å². The van der Waals surface area contributed by atoms with E-state index in [2.05, 4.69) is 48.1 Å². The third-order valence-corrected chi connectivity index (χ3v) is 6.09. The van der Waals surface area contributed by atoms with Gasteiger partial charge in [0.2, 0.25) is 5.78 Å². The van der Waals surface area contributed by atoms with Crippen LogP contribution in [-0.4, -0.2) is 41.4 Å². The first kappa shape index (κ1) is 21.2. The molecule has 0 amide bonds. The van der Waals surface area contributed by atoms with Gasteiger partial charge in [0.1, 0.15) is 11.5 Å². The zero-order valence-electron chi connectivity index (χ0n) is 18.8. The van der Waals surface area contributed by atoms with E-state index in [1.54, 1.807) is 18.3 Å². The Morgan fingerprint density at radius 2 is 1.90 bits per heavy atom. The Balaban J connectivity index is 0.00000289. The summed E-state index contributed by atoms with van der Waals surface area (Å²) in [6.07, 6.45) is 2.69. The first-order valence-corrected chi connectivity index (χ1v) is 10.9. The number of aryl methyl sites for hydroxylation is 4. The van der Waals surface area contributed by atoms with Crippen LogP contribution in [0.2, 0.25) is 0 Å². The third kappa shape index (κ3) is 4.67. The number of carbonyl (C=O) groups excluding carboxylic acids is 1. The van der Waals surface area contributed by atoms with Crippen molar-refractivity contribution in [2.45, 2.75) is 40.2 Å². The topological polar surface area (TPSA) is 58.1 Å². The van der Waals surface area contributed by atoms with Crippen molar-refractivity contribution in [3.8, 4) is 0 Å². The summed E-state index contributed by atoms with van der Waals surface area (Å²) >= 11 is 0. The molecule has 1 aliphatic heterocycles. The molecule has 31 heavy (non-hydrogen) atoms. The van der Waals surface area contributed by atoms with Crippen molar-refractivity contribution in [1.29, 1.82) is 0 Å². The van der Waals surface area contributed by atoms with E-state index < -0.39 is 0 Å². The van der Waals surface area contributed by atoms with Gasteiger partial charge >= 0.3 is 0 Å². The van der Waals surface area contributed by atoms with Crippen molar-refractivity contribution >= 4 is 11.6 Å². The number of anilines is 1. The number of nitrogens with zero attached hydrogens (tertiary/aromatic N) is 3. The molecule has 1 saturated heterocycles. The molecular weight excluding hydrogens is 384 g/mol. The van der Waals surface area contributed by atoms with Crippen LogP contribution in [0.4, 0.5) is 5.82 Å². The lowest BCUT2D eigenvalue weighted by molar-refractivity contribution is 0.103. The van der Waals surface area contributed by atoms with Gasteiger partial charge in [-0.1, -0.05) is 23.8 Å². The Morgan fingerprint density at radius 3 is 2.65 bits per heavy atom. The number of rotatable bonds is 5. The zero-order chi connectivity index (χ0) is 22.0. The van der Waals surface area contributed by atoms with E-state index in [9.17, 15) is 4.79 Å². The maximum Gasteiger partial charge on any atom is 0.213 e. The highest BCUT2D eigenvalue weighted by Gasteiger charge is 2.23. The van der Waals surface area contributed by atoms with Crippen molar-refractivity contribution in [3.63, 3.8) is 0 Å². The number of carbonyl (C=O) groups is 1. The molecule has 4 rings (SSSR count). The van der Waals surface area contributed by atoms with Gasteiger partial charge in [-0.3, -0.25) is 9.78 Å². The average molecular weight is 417 g/mol. The molecular formula is C26H32N4O. The minimum Gasteiger partial charge on any atom is -0.354 e. The van der Waals surface area contributed by atoms with Crippen LogP contribution in [0.15, 0.2) is 48.7 Å². The number of hydrogen-bond acceptors (Lipinski definition) is 5. The van der Waals surface area contributed by atoms with Crippen LogP contribution in [0, 0.1) is 27.7 Å². The van der Waals surface area contributed by atoms with Gasteiger partial charge in [0.25, 0.3) is 0 Å². The first-order chi connectivity index (χ1) is 14.9. The summed E-state index contributed by atoms with van der Waals surface area (Å²) in [4.78, 5) is 24.2. The fraction of sp³-hybridized carbons (Fsp3) is 0.346. The van der Waals surface area contributed by atoms with Crippen LogP contribution in [0.3, 0.4) is 0 Å². The van der Waals surface area contributed by atoms with Gasteiger partial charge in [-0.25, -0.2) is 4.98 Å². The quantitative estimate of drug-likeness (QED) is 0.632. The molecule has 0 radical (unpaired) electrons. The molecule has 2 aromatic heterocycles. The van der Waals surface area contributed by atoms with Crippen LogP contribution >= 0.6 is 0 Å². The van der Waals surface area contributed by atoms with E-state index in [0.717, 1.165) is 37.6 Å². The Hall–Kier alpha value is -3.05. The lowest BCUT2D eigenvalue weighted by Crippen LogP contribution is -2.52. The highest BCUT2D eigenvalue weighted by Crippen LogP contribution is 2.21. The van der Waals surface area contributed by atoms with E-state index in [0.29, 0.717) is 17.3 Å². The number of benzene rings is 1. The SMILES string of the molecule is Cc1cc(C)c(CC2CN(c3cccc(C(=O)c4cccnc4C)n3)CCN2)c(C)c1.[HH]. The molecule has 1 aliphatic rings. The first-order valence-electron chi connectivity index (χ1n) is 10.9. The van der Waals surface area contributed by atoms with Crippen molar-refractivity contribution in [2.75, 3.05) is 24.5 Å². The number of nitrogens with one attached hydrogen (secondary N) is 1. The lowest BCUT2D eigenvalue weighted by atomic mass is 9.93. The van der Waals surface area contributed by atoms with E-state index in [1.165, 1.54) is 22.3 Å². The van der Waals surface area contributed by atoms with Gasteiger partial charge in [-0.05, 0) is 75.1 Å². The molecule has 0 bridgehead atoms. The minimum absolute atomic E-state index is 0. The van der Waals surface area contributed by atoms with E-state index in [1.807, 2.05) is 25.1 Å². The third-order valence-electron chi connectivity index (χ3n) is 6.09. The predicted molar refractivity (Wildman–Crippen MR) is 127 cm³/mol. The average Bonchev–Trinajstić information content (AvgIpc) is 2.76. The summed E-state index contributed by atoms with van der Waals surface area (Å²) in [5.74, 6) is 0.779. The lowest BCUT2D eigenvalue weighted by Gasteiger charge is -2.35. The molecule has 0 spiro atoms. The zero-order valence-corrected chi connectivity index (χ0v) is 18.8. The van der Waals surface area contributed by atoms with Crippen molar-refractivity contribution in [2.24, 2.45) is 0 Å². The fourth-order valence-corrected chi connectivity index (χ4v) is 4.54. The standard InChI is InChI=1S/C26H30N4O.H2/c1-17-13-18(2)23(19(3)14-17)15-21-16-30(12-11-28-21)25-9-5-8-24(29-25)26(31)22-7-6-10-27-20(22)4;/h5-10,13-14,21,28H,11-12,15-16H2,1-4H3;1H. The molecule has 0 aliphatic carbocycles. The maximum atomic E-state index is 13.0. The van der Waals surface area contributed by atoms with Gasteiger partial charge in [0.15, 0.2) is 0 Å². The van der Waals surface area contributed by atoms with E-state index in [4.69, 9.17) is 4.98 Å². The van der Waals surface area contributed by atoms with Crippen LogP contribution in [-0.2, 0) is 6.42 Å². The summed E-state index contributed by atoms with van der Waals surface area (Å²) in [7, 11) is 0. The van der Waals surface area contributed by atoms with Gasteiger partial charge in [-0.2, -0.15) is 0 Å². The van der Waals surface area contributed by atoms with Crippen LogP contribution in [0.1, 0.15) is 45.4 Å². The second-order valence-electron chi connectivity index (χ2n) is 8.52. The van der Waals surface area contributed by atoms with Crippen molar-refractivity contribution in [1.82, 2.24) is 15.3 Å². The second-order valence-corrected chi connectivity index (χ2v) is 8.52. The Labute approximate surface area is 186 Å². The fourth-order valence-electron chi connectivity index (χ4n) is 4.54. The van der Waals surface area contributed by atoms with Crippen LogP contribution in [0.25, 0.3) is 0 Å². The number of hydrogen-bond donors (Lipinski definition) is 1. The molecule has 3 aromatic rings. The minimum atomic E-state index is -0.0787. The number of piperazine rings is 1. The number of ketones is 1. The molecule has 1 N–H and O–H groups in total. The van der Waals surface area contributed by atoms with E-state index >= 15 is 0 Å². The molecule has 1 atom stereocenters. The van der Waals surface area contributed by atoms with E-state index in [-0.39, 0.29) is 7.21 Å². The predicted octanol–water partition coefficient (Wildman–Crippen LogP) is 4.21. The Morgan fingerprint density at radius 1 is 1.13 bits per heavy atom. The smallest absolute Gasteiger partial charge is 0.213 e. The molecule has 5 nitrogen and oxygen atoms in total. The molecule has 5 heteroatoms. The van der Waals surface area contributed by atoms with Gasteiger partial charge in [0.05, 0.1) is 0 Å². The molecule has 1 unspecified atom stereocenters.